The van der Waals surface area contributed by atoms with E-state index >= 15 is 0 Å². The molecular formula is C14H16N4O3. The lowest BCUT2D eigenvalue weighted by atomic mass is 10.1. The molecule has 0 aliphatic rings. The van der Waals surface area contributed by atoms with Crippen molar-refractivity contribution in [3.63, 3.8) is 0 Å². The van der Waals surface area contributed by atoms with Gasteiger partial charge in [0.25, 0.3) is 11.6 Å². The zero-order valence-electron chi connectivity index (χ0n) is 11.5. The highest BCUT2D eigenvalue weighted by Crippen LogP contribution is 2.15. The first-order chi connectivity index (χ1) is 9.99. The Morgan fingerprint density at radius 1 is 1.43 bits per heavy atom. The fraction of sp³-hybridized carbons (Fsp3) is 0.214. The predicted octanol–water partition coefficient (Wildman–Crippen LogP) is 1.36. The van der Waals surface area contributed by atoms with E-state index in [2.05, 4.69) is 5.32 Å². The van der Waals surface area contributed by atoms with Gasteiger partial charge in [-0.2, -0.15) is 0 Å². The number of aromatic nitrogens is 1. The van der Waals surface area contributed by atoms with Crippen LogP contribution in [-0.4, -0.2) is 21.9 Å². The summed E-state index contributed by atoms with van der Waals surface area (Å²) in [6, 6.07) is 10.3. The zero-order chi connectivity index (χ0) is 15.4. The largest absolute Gasteiger partial charge is 0.349 e. The highest BCUT2D eigenvalue weighted by atomic mass is 16.6. The second-order valence-electron chi connectivity index (χ2n) is 4.68. The Hall–Kier alpha value is -2.67. The maximum Gasteiger partial charge on any atom is 0.287 e. The van der Waals surface area contributed by atoms with Crippen molar-refractivity contribution in [1.82, 2.24) is 9.88 Å². The summed E-state index contributed by atoms with van der Waals surface area (Å²) < 4.78 is 1.42. The number of aryl methyl sites for hydroxylation is 1. The summed E-state index contributed by atoms with van der Waals surface area (Å²) >= 11 is 0. The topological polar surface area (TPSA) is 103 Å². The van der Waals surface area contributed by atoms with E-state index in [1.165, 1.54) is 16.8 Å². The molecule has 1 aromatic heterocycles. The third-order valence-electron chi connectivity index (χ3n) is 3.14. The van der Waals surface area contributed by atoms with Gasteiger partial charge in [-0.25, -0.2) is 0 Å². The van der Waals surface area contributed by atoms with Crippen molar-refractivity contribution in [3.05, 3.63) is 64.0 Å². The molecule has 110 valence electrons. The van der Waals surface area contributed by atoms with Crippen molar-refractivity contribution in [1.29, 1.82) is 0 Å². The van der Waals surface area contributed by atoms with Gasteiger partial charge in [-0.3, -0.25) is 14.9 Å². The average molecular weight is 288 g/mol. The van der Waals surface area contributed by atoms with Gasteiger partial charge in [0, 0.05) is 25.7 Å². The van der Waals surface area contributed by atoms with Crippen LogP contribution in [0.4, 0.5) is 5.69 Å². The molecule has 0 fully saturated rings. The summed E-state index contributed by atoms with van der Waals surface area (Å²) in [5, 5.41) is 13.4. The molecule has 0 aliphatic heterocycles. The van der Waals surface area contributed by atoms with Gasteiger partial charge in [-0.05, 0) is 5.56 Å². The molecule has 21 heavy (non-hydrogen) atoms. The molecule has 1 atom stereocenters. The van der Waals surface area contributed by atoms with Crippen LogP contribution in [0, 0.1) is 10.1 Å². The van der Waals surface area contributed by atoms with Gasteiger partial charge >= 0.3 is 0 Å². The van der Waals surface area contributed by atoms with Crippen LogP contribution in [0.25, 0.3) is 0 Å². The number of amides is 1. The number of nitrogens with zero attached hydrogens (tertiary/aromatic N) is 2. The Bertz CT molecular complexity index is 651. The van der Waals surface area contributed by atoms with Crippen molar-refractivity contribution in [2.45, 2.75) is 6.04 Å². The van der Waals surface area contributed by atoms with Crippen molar-refractivity contribution in [3.8, 4) is 0 Å². The molecule has 1 heterocycles. The molecule has 1 unspecified atom stereocenters. The maximum atomic E-state index is 12.0. The van der Waals surface area contributed by atoms with Crippen LogP contribution in [0.2, 0.25) is 0 Å². The molecule has 1 aromatic carbocycles. The fourth-order valence-electron chi connectivity index (χ4n) is 1.98. The lowest BCUT2D eigenvalue weighted by molar-refractivity contribution is -0.384. The number of nitro groups is 1. The minimum Gasteiger partial charge on any atom is -0.349 e. The maximum absolute atomic E-state index is 12.0. The molecule has 1 amide bonds. The van der Waals surface area contributed by atoms with Crippen LogP contribution in [-0.2, 0) is 7.05 Å². The van der Waals surface area contributed by atoms with Crippen LogP contribution in [0.3, 0.4) is 0 Å². The van der Waals surface area contributed by atoms with Crippen LogP contribution in [0.5, 0.6) is 0 Å². The lowest BCUT2D eigenvalue weighted by Gasteiger charge is -2.13. The first-order valence-electron chi connectivity index (χ1n) is 6.38. The average Bonchev–Trinajstić information content (AvgIpc) is 2.87. The van der Waals surface area contributed by atoms with Gasteiger partial charge in [0.15, 0.2) is 0 Å². The number of carbonyl (C=O) groups excluding carboxylic acids is 1. The predicted molar refractivity (Wildman–Crippen MR) is 77.8 cm³/mol. The monoisotopic (exact) mass is 288 g/mol. The molecule has 0 bridgehead atoms. The number of hydrogen-bond acceptors (Lipinski definition) is 4. The Balaban J connectivity index is 2.00. The number of rotatable bonds is 5. The van der Waals surface area contributed by atoms with E-state index in [4.69, 9.17) is 5.73 Å². The van der Waals surface area contributed by atoms with Gasteiger partial charge < -0.3 is 15.6 Å². The number of carbonyl (C=O) groups is 1. The van der Waals surface area contributed by atoms with Gasteiger partial charge in [0.1, 0.15) is 5.69 Å². The third-order valence-corrected chi connectivity index (χ3v) is 3.14. The first-order valence-corrected chi connectivity index (χ1v) is 6.38. The Morgan fingerprint density at radius 3 is 2.67 bits per heavy atom. The summed E-state index contributed by atoms with van der Waals surface area (Å²) in [5.74, 6) is -0.392. The van der Waals surface area contributed by atoms with Gasteiger partial charge in [-0.1, -0.05) is 30.3 Å². The molecule has 0 radical (unpaired) electrons. The molecule has 0 spiro atoms. The van der Waals surface area contributed by atoms with E-state index in [0.29, 0.717) is 0 Å². The lowest BCUT2D eigenvalue weighted by Crippen LogP contribution is -2.32. The number of benzene rings is 1. The quantitative estimate of drug-likeness (QED) is 0.640. The first kappa shape index (κ1) is 14.7. The third kappa shape index (κ3) is 3.46. The molecule has 7 nitrogen and oxygen atoms in total. The Kier molecular flexibility index (Phi) is 4.34. The number of nitrogens with two attached hydrogens (primary N) is 1. The summed E-state index contributed by atoms with van der Waals surface area (Å²) in [5.41, 5.74) is 7.00. The SMILES string of the molecule is Cn1cc([N+](=O)[O-])cc1C(=O)NCC(N)c1ccccc1. The number of hydrogen-bond donors (Lipinski definition) is 2. The van der Waals surface area contributed by atoms with Crippen molar-refractivity contribution in [2.75, 3.05) is 6.54 Å². The van der Waals surface area contributed by atoms with Crippen molar-refractivity contribution in [2.24, 2.45) is 12.8 Å². The van der Waals surface area contributed by atoms with Gasteiger partial charge in [0.05, 0.1) is 11.1 Å². The minimum absolute atomic E-state index is 0.116. The summed E-state index contributed by atoms with van der Waals surface area (Å²) in [7, 11) is 1.58. The molecule has 7 heteroatoms. The van der Waals surface area contributed by atoms with Crippen molar-refractivity contribution >= 4 is 11.6 Å². The van der Waals surface area contributed by atoms with Gasteiger partial charge in [0.2, 0.25) is 0 Å². The second kappa shape index (κ2) is 6.19. The zero-order valence-corrected chi connectivity index (χ0v) is 11.5. The fourth-order valence-corrected chi connectivity index (χ4v) is 1.98. The van der Waals surface area contributed by atoms with Crippen molar-refractivity contribution < 1.29 is 9.72 Å². The molecule has 0 saturated carbocycles. The normalized spacial score (nSPS) is 11.9. The van der Waals surface area contributed by atoms with E-state index in [0.717, 1.165) is 5.56 Å². The van der Waals surface area contributed by atoms with E-state index in [-0.39, 0.29) is 24.0 Å². The Morgan fingerprint density at radius 2 is 2.10 bits per heavy atom. The summed E-state index contributed by atoms with van der Waals surface area (Å²) in [6.45, 7) is 0.252. The standard InChI is InChI=1S/C14H16N4O3/c1-17-9-11(18(20)21)7-13(17)14(19)16-8-12(15)10-5-3-2-4-6-10/h2-7,9,12H,8,15H2,1H3,(H,16,19). The highest BCUT2D eigenvalue weighted by Gasteiger charge is 2.18. The van der Waals surface area contributed by atoms with Crippen LogP contribution in [0.15, 0.2) is 42.6 Å². The van der Waals surface area contributed by atoms with Crippen LogP contribution < -0.4 is 11.1 Å². The van der Waals surface area contributed by atoms with Gasteiger partial charge in [-0.15, -0.1) is 0 Å². The minimum atomic E-state index is -0.535. The smallest absolute Gasteiger partial charge is 0.287 e. The highest BCUT2D eigenvalue weighted by molar-refractivity contribution is 5.93. The summed E-state index contributed by atoms with van der Waals surface area (Å²) in [4.78, 5) is 22.2. The molecule has 0 aliphatic carbocycles. The Labute approximate surface area is 121 Å². The van der Waals surface area contributed by atoms with E-state index < -0.39 is 10.8 Å². The van der Waals surface area contributed by atoms with Crippen LogP contribution >= 0.6 is 0 Å². The molecule has 0 saturated heterocycles. The second-order valence-corrected chi connectivity index (χ2v) is 4.68. The summed E-state index contributed by atoms with van der Waals surface area (Å²) in [6.07, 6.45) is 1.30. The molecule has 3 N–H and O–H groups in total. The van der Waals surface area contributed by atoms with E-state index in [9.17, 15) is 14.9 Å². The number of nitrogens with one attached hydrogen (secondary N) is 1. The molecular weight excluding hydrogens is 272 g/mol. The molecule has 2 rings (SSSR count). The van der Waals surface area contributed by atoms with Crippen LogP contribution in [0.1, 0.15) is 22.1 Å². The van der Waals surface area contributed by atoms with E-state index in [1.54, 1.807) is 7.05 Å². The van der Waals surface area contributed by atoms with E-state index in [1.807, 2.05) is 30.3 Å². The molecule has 2 aromatic rings.